The van der Waals surface area contributed by atoms with Crippen LogP contribution in [0, 0.1) is 10.1 Å². The van der Waals surface area contributed by atoms with Crippen molar-refractivity contribution in [3.8, 4) is 5.75 Å². The smallest absolute Gasteiger partial charge is 0.285 e. The minimum absolute atomic E-state index is 0.105. The van der Waals surface area contributed by atoms with Gasteiger partial charge in [-0.2, -0.15) is 0 Å². The van der Waals surface area contributed by atoms with Crippen molar-refractivity contribution >= 4 is 11.6 Å². The molecular formula is C13H18N2O6. The Balaban J connectivity index is 2.82. The summed E-state index contributed by atoms with van der Waals surface area (Å²) in [5.74, 6) is -0.432. The number of nitrogens with zero attached hydrogens (tertiary/aromatic N) is 1. The van der Waals surface area contributed by atoms with E-state index in [1.165, 1.54) is 18.2 Å². The summed E-state index contributed by atoms with van der Waals surface area (Å²) in [4.78, 5) is 22.5. The van der Waals surface area contributed by atoms with Gasteiger partial charge in [-0.3, -0.25) is 14.9 Å². The Hall–Kier alpha value is -2.19. The van der Waals surface area contributed by atoms with Gasteiger partial charge in [-0.1, -0.05) is 6.07 Å². The largest absolute Gasteiger partial charge is 0.493 e. The number of aliphatic hydroxyl groups is 1. The molecule has 0 spiro atoms. The molecule has 0 unspecified atom stereocenters. The molecule has 2 N–H and O–H groups in total. The van der Waals surface area contributed by atoms with Gasteiger partial charge in [0, 0.05) is 12.6 Å². The molecule has 116 valence electrons. The first-order valence-electron chi connectivity index (χ1n) is 6.48. The molecule has 1 aromatic rings. The normalized spacial score (nSPS) is 10.2. The molecule has 0 fully saturated rings. The van der Waals surface area contributed by atoms with Gasteiger partial charge in [0.1, 0.15) is 5.75 Å². The summed E-state index contributed by atoms with van der Waals surface area (Å²) in [5.41, 5.74) is -0.416. The third kappa shape index (κ3) is 5.01. The third-order valence-electron chi connectivity index (χ3n) is 2.50. The Labute approximate surface area is 121 Å². The average molecular weight is 298 g/mol. The van der Waals surface area contributed by atoms with Crippen molar-refractivity contribution in [2.75, 3.05) is 33.0 Å². The topological polar surface area (TPSA) is 111 Å². The quantitative estimate of drug-likeness (QED) is 0.395. The highest BCUT2D eigenvalue weighted by Crippen LogP contribution is 2.28. The van der Waals surface area contributed by atoms with E-state index < -0.39 is 10.8 Å². The molecule has 0 saturated carbocycles. The van der Waals surface area contributed by atoms with Gasteiger partial charge in [0.15, 0.2) is 5.56 Å². The van der Waals surface area contributed by atoms with Crippen molar-refractivity contribution in [3.63, 3.8) is 0 Å². The lowest BCUT2D eigenvalue weighted by Gasteiger charge is -2.11. The van der Waals surface area contributed by atoms with Crippen LogP contribution in [0.1, 0.15) is 17.3 Å². The number of ether oxygens (including phenoxy) is 2. The lowest BCUT2D eigenvalue weighted by molar-refractivity contribution is -0.385. The molecule has 8 nitrogen and oxygen atoms in total. The first kappa shape index (κ1) is 16.9. The summed E-state index contributed by atoms with van der Waals surface area (Å²) >= 11 is 0. The standard InChI is InChI=1S/C13H18N2O6/c1-2-21-11-5-3-4-10(15(18)19)12(11)13(17)14-6-8-20-9-7-16/h3-5,16H,2,6-9H2,1H3,(H,14,17). The van der Waals surface area contributed by atoms with Crippen molar-refractivity contribution in [3.05, 3.63) is 33.9 Å². The number of carbonyl (C=O) groups excluding carboxylic acids is 1. The summed E-state index contributed by atoms with van der Waals surface area (Å²) < 4.78 is 10.3. The number of hydrogen-bond donors (Lipinski definition) is 2. The van der Waals surface area contributed by atoms with Crippen molar-refractivity contribution in [2.24, 2.45) is 0 Å². The van der Waals surface area contributed by atoms with Crippen molar-refractivity contribution in [2.45, 2.75) is 6.92 Å². The lowest BCUT2D eigenvalue weighted by Crippen LogP contribution is -2.28. The van der Waals surface area contributed by atoms with Crippen LogP contribution in [0.25, 0.3) is 0 Å². The first-order valence-corrected chi connectivity index (χ1v) is 6.48. The summed E-state index contributed by atoms with van der Waals surface area (Å²) in [6, 6.07) is 4.22. The molecule has 0 aromatic heterocycles. The predicted octanol–water partition coefficient (Wildman–Crippen LogP) is 0.732. The molecule has 0 atom stereocenters. The number of hydrogen-bond acceptors (Lipinski definition) is 6. The molecule has 0 aliphatic rings. The second-order valence-corrected chi connectivity index (χ2v) is 3.93. The van der Waals surface area contributed by atoms with Crippen LogP contribution in [0.15, 0.2) is 18.2 Å². The zero-order valence-corrected chi connectivity index (χ0v) is 11.7. The van der Waals surface area contributed by atoms with Crippen LogP contribution in [-0.2, 0) is 4.74 Å². The highest BCUT2D eigenvalue weighted by molar-refractivity contribution is 6.00. The van der Waals surface area contributed by atoms with E-state index in [0.717, 1.165) is 0 Å². The van der Waals surface area contributed by atoms with E-state index in [4.69, 9.17) is 14.6 Å². The highest BCUT2D eigenvalue weighted by Gasteiger charge is 2.24. The molecule has 21 heavy (non-hydrogen) atoms. The monoisotopic (exact) mass is 298 g/mol. The molecule has 0 aliphatic heterocycles. The van der Waals surface area contributed by atoms with Gasteiger partial charge in [0.2, 0.25) is 0 Å². The second-order valence-electron chi connectivity index (χ2n) is 3.93. The maximum atomic E-state index is 12.1. The number of nitro groups is 1. The zero-order valence-electron chi connectivity index (χ0n) is 11.7. The number of benzene rings is 1. The highest BCUT2D eigenvalue weighted by atomic mass is 16.6. The molecule has 8 heteroatoms. The van der Waals surface area contributed by atoms with Crippen LogP contribution < -0.4 is 10.1 Å². The van der Waals surface area contributed by atoms with Gasteiger partial charge < -0.3 is 19.9 Å². The number of amides is 1. The van der Waals surface area contributed by atoms with E-state index in [-0.39, 0.29) is 43.4 Å². The number of nitro benzene ring substituents is 1. The maximum Gasteiger partial charge on any atom is 0.285 e. The van der Waals surface area contributed by atoms with Gasteiger partial charge in [-0.25, -0.2) is 0 Å². The molecule has 0 aliphatic carbocycles. The second kappa shape index (κ2) is 8.88. The van der Waals surface area contributed by atoms with Gasteiger partial charge in [-0.15, -0.1) is 0 Å². The molecule has 1 amide bonds. The molecule has 0 heterocycles. The first-order chi connectivity index (χ1) is 10.1. The fourth-order valence-electron chi connectivity index (χ4n) is 1.67. The SMILES string of the molecule is CCOc1cccc([N+](=O)[O-])c1C(=O)NCCOCCO. The van der Waals surface area contributed by atoms with E-state index in [2.05, 4.69) is 5.32 Å². The number of rotatable bonds is 9. The molecule has 0 saturated heterocycles. The summed E-state index contributed by atoms with van der Waals surface area (Å²) in [6.07, 6.45) is 0. The van der Waals surface area contributed by atoms with E-state index in [9.17, 15) is 14.9 Å². The number of nitrogens with one attached hydrogen (secondary N) is 1. The molecule has 1 aromatic carbocycles. The average Bonchev–Trinajstić information content (AvgIpc) is 2.46. The van der Waals surface area contributed by atoms with Crippen molar-refractivity contribution in [1.29, 1.82) is 0 Å². The molecule has 0 radical (unpaired) electrons. The van der Waals surface area contributed by atoms with Crippen LogP contribution in [0.3, 0.4) is 0 Å². The van der Waals surface area contributed by atoms with Crippen molar-refractivity contribution in [1.82, 2.24) is 5.32 Å². The lowest BCUT2D eigenvalue weighted by atomic mass is 10.1. The fraction of sp³-hybridized carbons (Fsp3) is 0.462. The summed E-state index contributed by atoms with van der Waals surface area (Å²) in [6.45, 7) is 2.47. The van der Waals surface area contributed by atoms with Crippen molar-refractivity contribution < 1.29 is 24.3 Å². The third-order valence-corrected chi connectivity index (χ3v) is 2.50. The van der Waals surface area contributed by atoms with Crippen LogP contribution >= 0.6 is 0 Å². The van der Waals surface area contributed by atoms with E-state index in [1.807, 2.05) is 0 Å². The van der Waals surface area contributed by atoms with Crippen LogP contribution in [0.2, 0.25) is 0 Å². The summed E-state index contributed by atoms with van der Waals surface area (Å²) in [7, 11) is 0. The Morgan fingerprint density at radius 1 is 1.43 bits per heavy atom. The van der Waals surface area contributed by atoms with Crippen LogP contribution in [0.4, 0.5) is 5.69 Å². The van der Waals surface area contributed by atoms with Gasteiger partial charge in [0.25, 0.3) is 11.6 Å². The summed E-state index contributed by atoms with van der Waals surface area (Å²) in [5, 5.41) is 22.1. The Morgan fingerprint density at radius 3 is 2.81 bits per heavy atom. The van der Waals surface area contributed by atoms with Crippen LogP contribution in [-0.4, -0.2) is 48.9 Å². The Bertz CT molecular complexity index is 492. The maximum absolute atomic E-state index is 12.1. The van der Waals surface area contributed by atoms with Gasteiger partial charge in [-0.05, 0) is 13.0 Å². The van der Waals surface area contributed by atoms with E-state index in [0.29, 0.717) is 6.61 Å². The minimum Gasteiger partial charge on any atom is -0.493 e. The Kier molecular flexibility index (Phi) is 7.13. The molecule has 1 rings (SSSR count). The van der Waals surface area contributed by atoms with Crippen LogP contribution in [0.5, 0.6) is 5.75 Å². The molecule has 0 bridgehead atoms. The molecular weight excluding hydrogens is 280 g/mol. The zero-order chi connectivity index (χ0) is 15.7. The van der Waals surface area contributed by atoms with Gasteiger partial charge in [0.05, 0.1) is 31.4 Å². The van der Waals surface area contributed by atoms with E-state index >= 15 is 0 Å². The van der Waals surface area contributed by atoms with E-state index in [1.54, 1.807) is 6.92 Å². The van der Waals surface area contributed by atoms with Gasteiger partial charge >= 0.3 is 0 Å². The minimum atomic E-state index is -0.625. The Morgan fingerprint density at radius 2 is 2.19 bits per heavy atom. The number of aliphatic hydroxyl groups excluding tert-OH is 1. The number of carbonyl (C=O) groups is 1. The predicted molar refractivity (Wildman–Crippen MR) is 74.5 cm³/mol. The fourth-order valence-corrected chi connectivity index (χ4v) is 1.67.